The number of aryl methyl sites for hydroxylation is 1. The SMILES string of the molecule is Cc1ncc(Cn2c(CO)nc3cc(N)ccc32)s1. The number of hydrogen-bond acceptors (Lipinski definition) is 5. The summed E-state index contributed by atoms with van der Waals surface area (Å²) in [6.45, 7) is 2.56. The second-order valence-electron chi connectivity index (χ2n) is 4.37. The first-order valence-electron chi connectivity index (χ1n) is 5.94. The summed E-state index contributed by atoms with van der Waals surface area (Å²) in [7, 11) is 0. The lowest BCUT2D eigenvalue weighted by atomic mass is 10.3. The molecule has 1 aromatic carbocycles. The molecular formula is C13H14N4OS. The Morgan fingerprint density at radius 2 is 2.26 bits per heavy atom. The third kappa shape index (κ3) is 2.20. The van der Waals surface area contributed by atoms with E-state index < -0.39 is 0 Å². The number of aliphatic hydroxyl groups excluding tert-OH is 1. The van der Waals surface area contributed by atoms with Crippen molar-refractivity contribution >= 4 is 28.1 Å². The number of nitrogens with two attached hydrogens (primary N) is 1. The summed E-state index contributed by atoms with van der Waals surface area (Å²) in [6.07, 6.45) is 1.87. The number of hydrogen-bond donors (Lipinski definition) is 2. The summed E-state index contributed by atoms with van der Waals surface area (Å²) in [6, 6.07) is 5.60. The molecule has 0 spiro atoms. The van der Waals surface area contributed by atoms with E-state index in [2.05, 4.69) is 9.97 Å². The fourth-order valence-corrected chi connectivity index (χ4v) is 2.91. The van der Waals surface area contributed by atoms with E-state index in [0.717, 1.165) is 20.9 Å². The molecule has 5 nitrogen and oxygen atoms in total. The maximum absolute atomic E-state index is 9.45. The van der Waals surface area contributed by atoms with Gasteiger partial charge < -0.3 is 15.4 Å². The van der Waals surface area contributed by atoms with Gasteiger partial charge in [0.15, 0.2) is 0 Å². The number of anilines is 1. The van der Waals surface area contributed by atoms with E-state index in [4.69, 9.17) is 5.73 Å². The van der Waals surface area contributed by atoms with Crippen molar-refractivity contribution in [1.29, 1.82) is 0 Å². The fourth-order valence-electron chi connectivity index (χ4n) is 2.13. The Morgan fingerprint density at radius 1 is 1.42 bits per heavy atom. The Bertz CT molecular complexity index is 731. The summed E-state index contributed by atoms with van der Waals surface area (Å²) in [5, 5.41) is 10.5. The lowest BCUT2D eigenvalue weighted by Crippen LogP contribution is -2.03. The monoisotopic (exact) mass is 274 g/mol. The average molecular weight is 274 g/mol. The summed E-state index contributed by atoms with van der Waals surface area (Å²) >= 11 is 1.65. The van der Waals surface area contributed by atoms with Gasteiger partial charge in [0.05, 0.1) is 22.6 Å². The predicted octanol–water partition coefficient (Wildman–Crippen LogP) is 1.92. The molecule has 0 fully saturated rings. The van der Waals surface area contributed by atoms with Gasteiger partial charge in [-0.2, -0.15) is 0 Å². The maximum atomic E-state index is 9.45. The molecule has 0 aliphatic carbocycles. The van der Waals surface area contributed by atoms with E-state index >= 15 is 0 Å². The summed E-state index contributed by atoms with van der Waals surface area (Å²) in [5.74, 6) is 0.645. The van der Waals surface area contributed by atoms with Crippen molar-refractivity contribution in [3.05, 3.63) is 40.1 Å². The van der Waals surface area contributed by atoms with Crippen molar-refractivity contribution in [2.24, 2.45) is 0 Å². The van der Waals surface area contributed by atoms with Crippen LogP contribution in [0.15, 0.2) is 24.4 Å². The Morgan fingerprint density at radius 3 is 2.95 bits per heavy atom. The van der Waals surface area contributed by atoms with Crippen LogP contribution in [0, 0.1) is 6.92 Å². The summed E-state index contributed by atoms with van der Waals surface area (Å²) in [4.78, 5) is 9.80. The van der Waals surface area contributed by atoms with Crippen LogP contribution in [0.1, 0.15) is 15.7 Å². The molecular weight excluding hydrogens is 260 g/mol. The van der Waals surface area contributed by atoms with Crippen LogP contribution in [-0.4, -0.2) is 19.6 Å². The Labute approximate surface area is 114 Å². The first-order valence-corrected chi connectivity index (χ1v) is 6.76. The number of benzene rings is 1. The minimum atomic E-state index is -0.0909. The number of imidazole rings is 1. The second-order valence-corrected chi connectivity index (χ2v) is 5.69. The van der Waals surface area contributed by atoms with Crippen LogP contribution in [0.4, 0.5) is 5.69 Å². The van der Waals surface area contributed by atoms with Gasteiger partial charge in [-0.3, -0.25) is 0 Å². The summed E-state index contributed by atoms with van der Waals surface area (Å²) < 4.78 is 2.00. The van der Waals surface area contributed by atoms with E-state index in [1.54, 1.807) is 11.3 Å². The quantitative estimate of drug-likeness (QED) is 0.715. The van der Waals surface area contributed by atoms with Gasteiger partial charge in [-0.15, -0.1) is 11.3 Å². The number of aliphatic hydroxyl groups is 1. The first-order chi connectivity index (χ1) is 9.17. The number of fused-ring (bicyclic) bond motifs is 1. The third-order valence-electron chi connectivity index (χ3n) is 2.98. The minimum Gasteiger partial charge on any atom is -0.399 e. The molecule has 98 valence electrons. The van der Waals surface area contributed by atoms with Gasteiger partial charge in [0.25, 0.3) is 0 Å². The van der Waals surface area contributed by atoms with Crippen molar-refractivity contribution in [3.63, 3.8) is 0 Å². The molecule has 0 unspecified atom stereocenters. The van der Waals surface area contributed by atoms with Crippen LogP contribution in [0.3, 0.4) is 0 Å². The van der Waals surface area contributed by atoms with Crippen molar-refractivity contribution in [1.82, 2.24) is 14.5 Å². The normalized spacial score (nSPS) is 11.3. The minimum absolute atomic E-state index is 0.0909. The molecule has 0 aliphatic heterocycles. The van der Waals surface area contributed by atoms with Crippen molar-refractivity contribution < 1.29 is 5.11 Å². The standard InChI is InChI=1S/C13H14N4OS/c1-8-15-5-10(19-8)6-17-12-3-2-9(14)4-11(12)16-13(17)7-18/h2-5,18H,6-7,14H2,1H3. The molecule has 2 aromatic heterocycles. The highest BCUT2D eigenvalue weighted by Gasteiger charge is 2.11. The Hall–Kier alpha value is -1.92. The van der Waals surface area contributed by atoms with Gasteiger partial charge in [-0.05, 0) is 25.1 Å². The number of aromatic nitrogens is 3. The predicted molar refractivity (Wildman–Crippen MR) is 76.0 cm³/mol. The molecule has 0 amide bonds. The highest BCUT2D eigenvalue weighted by molar-refractivity contribution is 7.11. The fraction of sp³-hybridized carbons (Fsp3) is 0.231. The summed E-state index contributed by atoms with van der Waals surface area (Å²) in [5.41, 5.74) is 8.22. The molecule has 0 radical (unpaired) electrons. The smallest absolute Gasteiger partial charge is 0.136 e. The number of thiazole rings is 1. The van der Waals surface area contributed by atoms with Crippen molar-refractivity contribution in [3.8, 4) is 0 Å². The molecule has 19 heavy (non-hydrogen) atoms. The molecule has 3 aromatic rings. The first kappa shape index (κ1) is 12.1. The van der Waals surface area contributed by atoms with Crippen LogP contribution < -0.4 is 5.73 Å². The van der Waals surface area contributed by atoms with E-state index in [9.17, 15) is 5.11 Å². The lowest BCUT2D eigenvalue weighted by molar-refractivity contribution is 0.267. The zero-order chi connectivity index (χ0) is 13.4. The lowest BCUT2D eigenvalue weighted by Gasteiger charge is -2.05. The van der Waals surface area contributed by atoms with Gasteiger partial charge in [0.2, 0.25) is 0 Å². The Kier molecular flexibility index (Phi) is 2.96. The molecule has 0 atom stereocenters. The van der Waals surface area contributed by atoms with E-state index in [1.165, 1.54) is 0 Å². The second kappa shape index (κ2) is 4.64. The topological polar surface area (TPSA) is 77.0 Å². The zero-order valence-corrected chi connectivity index (χ0v) is 11.3. The van der Waals surface area contributed by atoms with Gasteiger partial charge in [0, 0.05) is 16.8 Å². The molecule has 3 N–H and O–H groups in total. The zero-order valence-electron chi connectivity index (χ0n) is 10.5. The number of nitrogen functional groups attached to an aromatic ring is 1. The van der Waals surface area contributed by atoms with Crippen molar-refractivity contribution in [2.75, 3.05) is 5.73 Å². The van der Waals surface area contributed by atoms with Gasteiger partial charge in [-0.25, -0.2) is 9.97 Å². The number of nitrogens with zero attached hydrogens (tertiary/aromatic N) is 3. The van der Waals surface area contributed by atoms with Crippen LogP contribution in [0.5, 0.6) is 0 Å². The van der Waals surface area contributed by atoms with Crippen LogP contribution in [0.2, 0.25) is 0 Å². The largest absolute Gasteiger partial charge is 0.399 e. The third-order valence-corrected chi connectivity index (χ3v) is 3.87. The highest BCUT2D eigenvalue weighted by atomic mass is 32.1. The van der Waals surface area contributed by atoms with Crippen LogP contribution in [0.25, 0.3) is 11.0 Å². The molecule has 0 saturated heterocycles. The van der Waals surface area contributed by atoms with E-state index in [0.29, 0.717) is 18.1 Å². The molecule has 0 aliphatic rings. The molecule has 2 heterocycles. The van der Waals surface area contributed by atoms with E-state index in [1.807, 2.05) is 35.9 Å². The van der Waals surface area contributed by atoms with Crippen LogP contribution in [-0.2, 0) is 13.2 Å². The highest BCUT2D eigenvalue weighted by Crippen LogP contribution is 2.22. The Balaban J connectivity index is 2.10. The average Bonchev–Trinajstić information content (AvgIpc) is 2.94. The van der Waals surface area contributed by atoms with Gasteiger partial charge in [-0.1, -0.05) is 0 Å². The van der Waals surface area contributed by atoms with Gasteiger partial charge in [0.1, 0.15) is 12.4 Å². The molecule has 0 bridgehead atoms. The molecule has 6 heteroatoms. The molecule has 3 rings (SSSR count). The maximum Gasteiger partial charge on any atom is 0.136 e. The van der Waals surface area contributed by atoms with Crippen LogP contribution >= 0.6 is 11.3 Å². The van der Waals surface area contributed by atoms with Crippen molar-refractivity contribution in [2.45, 2.75) is 20.1 Å². The van der Waals surface area contributed by atoms with Gasteiger partial charge >= 0.3 is 0 Å². The molecule has 0 saturated carbocycles. The number of rotatable bonds is 3. The van der Waals surface area contributed by atoms with E-state index in [-0.39, 0.29) is 6.61 Å².